The van der Waals surface area contributed by atoms with Crippen molar-refractivity contribution in [1.29, 1.82) is 0 Å². The van der Waals surface area contributed by atoms with Gasteiger partial charge in [-0.15, -0.1) is 0 Å². The van der Waals surface area contributed by atoms with Crippen LogP contribution in [0, 0.1) is 0 Å². The minimum Gasteiger partial charge on any atom is -0.497 e. The molecule has 0 aliphatic carbocycles. The monoisotopic (exact) mass is 459 g/mol. The summed E-state index contributed by atoms with van der Waals surface area (Å²) in [6.07, 6.45) is 5.46. The molecule has 0 saturated heterocycles. The van der Waals surface area contributed by atoms with Gasteiger partial charge in [0.2, 0.25) is 0 Å². The summed E-state index contributed by atoms with van der Waals surface area (Å²) in [7, 11) is 5.26. The van der Waals surface area contributed by atoms with Crippen LogP contribution in [0.1, 0.15) is 19.4 Å². The number of rotatable bonds is 5. The van der Waals surface area contributed by atoms with Crippen LogP contribution in [0.5, 0.6) is 11.5 Å². The van der Waals surface area contributed by atoms with Crippen LogP contribution in [0.4, 0.5) is 11.5 Å². The Bertz CT molecular complexity index is 1330. The van der Waals surface area contributed by atoms with Gasteiger partial charge in [-0.1, -0.05) is 0 Å². The summed E-state index contributed by atoms with van der Waals surface area (Å²) in [5.41, 5.74) is 5.15. The van der Waals surface area contributed by atoms with E-state index in [1.165, 1.54) is 0 Å². The maximum absolute atomic E-state index is 5.78. The molecule has 4 heterocycles. The van der Waals surface area contributed by atoms with E-state index in [9.17, 15) is 0 Å². The van der Waals surface area contributed by atoms with E-state index in [1.54, 1.807) is 31.3 Å². The maximum Gasteiger partial charge on any atom is 0.180 e. The van der Waals surface area contributed by atoms with Gasteiger partial charge in [-0.3, -0.25) is 14.6 Å². The van der Waals surface area contributed by atoms with Crippen LogP contribution in [-0.4, -0.2) is 63.0 Å². The number of ether oxygens (including phenoxy) is 2. The lowest BCUT2D eigenvalue weighted by atomic mass is 10.1. The standard InChI is InChI=1S/C25H29N7O2/c1-16(2)31-8-9-32(22-10-18(33-4)11-23(34-5)19(22)15-31)24-7-6-20-25(29-24)28-21(13-26-20)17-12-27-30(3)14-17/h6-7,10-14,16H,8-9,15H2,1-5H3. The van der Waals surface area contributed by atoms with E-state index in [4.69, 9.17) is 19.4 Å². The van der Waals surface area contributed by atoms with Gasteiger partial charge in [-0.25, -0.2) is 9.97 Å². The van der Waals surface area contributed by atoms with E-state index in [0.29, 0.717) is 11.7 Å². The molecule has 9 heteroatoms. The molecule has 0 amide bonds. The van der Waals surface area contributed by atoms with Crippen molar-refractivity contribution in [1.82, 2.24) is 29.6 Å². The molecule has 0 N–H and O–H groups in total. The number of hydrogen-bond donors (Lipinski definition) is 0. The predicted molar refractivity (Wildman–Crippen MR) is 132 cm³/mol. The normalized spacial score (nSPS) is 14.4. The Balaban J connectivity index is 1.63. The molecule has 0 radical (unpaired) electrons. The molecule has 3 aromatic heterocycles. The van der Waals surface area contributed by atoms with Gasteiger partial charge < -0.3 is 14.4 Å². The Hall–Kier alpha value is -3.72. The van der Waals surface area contributed by atoms with Gasteiger partial charge in [-0.2, -0.15) is 5.10 Å². The molecule has 1 aliphatic heterocycles. The lowest BCUT2D eigenvalue weighted by molar-refractivity contribution is 0.221. The minimum atomic E-state index is 0.400. The molecule has 0 unspecified atom stereocenters. The lowest BCUT2D eigenvalue weighted by Crippen LogP contribution is -2.34. The molecule has 0 bridgehead atoms. The van der Waals surface area contributed by atoms with Gasteiger partial charge in [-0.05, 0) is 26.0 Å². The molecule has 176 valence electrons. The van der Waals surface area contributed by atoms with Crippen LogP contribution in [0.15, 0.2) is 42.9 Å². The number of aryl methyl sites for hydroxylation is 1. The Morgan fingerprint density at radius 2 is 1.85 bits per heavy atom. The van der Waals surface area contributed by atoms with Crippen molar-refractivity contribution < 1.29 is 9.47 Å². The van der Waals surface area contributed by atoms with Crippen LogP contribution in [-0.2, 0) is 13.6 Å². The Kier molecular flexibility index (Phi) is 5.79. The zero-order chi connectivity index (χ0) is 23.8. The third-order valence-corrected chi connectivity index (χ3v) is 6.28. The van der Waals surface area contributed by atoms with Crippen molar-refractivity contribution in [3.63, 3.8) is 0 Å². The molecular weight excluding hydrogens is 430 g/mol. The van der Waals surface area contributed by atoms with E-state index in [0.717, 1.165) is 65.0 Å². The summed E-state index contributed by atoms with van der Waals surface area (Å²) in [5, 5.41) is 4.25. The summed E-state index contributed by atoms with van der Waals surface area (Å²) in [6, 6.07) is 8.38. The molecule has 4 aromatic rings. The second kappa shape index (κ2) is 8.90. The first-order valence-electron chi connectivity index (χ1n) is 11.4. The van der Waals surface area contributed by atoms with Crippen molar-refractivity contribution >= 4 is 22.7 Å². The quantitative estimate of drug-likeness (QED) is 0.446. The van der Waals surface area contributed by atoms with Crippen LogP contribution >= 0.6 is 0 Å². The summed E-state index contributed by atoms with van der Waals surface area (Å²) in [5.74, 6) is 2.37. The number of nitrogens with zero attached hydrogens (tertiary/aromatic N) is 7. The van der Waals surface area contributed by atoms with Crippen molar-refractivity contribution in [2.75, 3.05) is 32.2 Å². The molecule has 34 heavy (non-hydrogen) atoms. The molecule has 0 atom stereocenters. The summed E-state index contributed by atoms with van der Waals surface area (Å²) in [6.45, 7) is 6.88. The first-order valence-corrected chi connectivity index (χ1v) is 11.4. The molecule has 1 aliphatic rings. The highest BCUT2D eigenvalue weighted by atomic mass is 16.5. The van der Waals surface area contributed by atoms with Gasteiger partial charge in [0.15, 0.2) is 5.65 Å². The minimum absolute atomic E-state index is 0.400. The number of pyridine rings is 1. The van der Waals surface area contributed by atoms with Crippen molar-refractivity contribution in [3.8, 4) is 22.8 Å². The van der Waals surface area contributed by atoms with E-state index >= 15 is 0 Å². The molecule has 5 rings (SSSR count). The van der Waals surface area contributed by atoms with E-state index in [2.05, 4.69) is 39.8 Å². The van der Waals surface area contributed by atoms with Crippen molar-refractivity contribution in [2.24, 2.45) is 7.05 Å². The fourth-order valence-corrected chi connectivity index (χ4v) is 4.35. The number of benzene rings is 1. The number of anilines is 2. The Morgan fingerprint density at radius 3 is 2.56 bits per heavy atom. The largest absolute Gasteiger partial charge is 0.497 e. The average Bonchev–Trinajstić information content (AvgIpc) is 3.18. The molecule has 0 spiro atoms. The van der Waals surface area contributed by atoms with E-state index in [-0.39, 0.29) is 0 Å². The lowest BCUT2D eigenvalue weighted by Gasteiger charge is -2.25. The molecule has 1 aromatic carbocycles. The highest BCUT2D eigenvalue weighted by Gasteiger charge is 2.27. The predicted octanol–water partition coefficient (Wildman–Crippen LogP) is 3.80. The number of hydrogen-bond acceptors (Lipinski definition) is 8. The first-order chi connectivity index (χ1) is 16.5. The van der Waals surface area contributed by atoms with Gasteiger partial charge in [0.25, 0.3) is 0 Å². The van der Waals surface area contributed by atoms with Crippen molar-refractivity contribution in [3.05, 3.63) is 48.4 Å². The smallest absolute Gasteiger partial charge is 0.180 e. The molecule has 0 fully saturated rings. The summed E-state index contributed by atoms with van der Waals surface area (Å²) in [4.78, 5) is 19.0. The fraction of sp³-hybridized carbons (Fsp3) is 0.360. The van der Waals surface area contributed by atoms with E-state index < -0.39 is 0 Å². The Labute approximate surface area is 199 Å². The third kappa shape index (κ3) is 4.03. The number of fused-ring (bicyclic) bond motifs is 2. The first kappa shape index (κ1) is 22.1. The van der Waals surface area contributed by atoms with Gasteiger partial charge in [0.1, 0.15) is 22.8 Å². The maximum atomic E-state index is 5.78. The highest BCUT2D eigenvalue weighted by molar-refractivity contribution is 5.78. The fourth-order valence-electron chi connectivity index (χ4n) is 4.35. The van der Waals surface area contributed by atoms with Crippen LogP contribution in [0.25, 0.3) is 22.4 Å². The number of methoxy groups -OCH3 is 2. The second-order valence-electron chi connectivity index (χ2n) is 8.71. The van der Waals surface area contributed by atoms with Crippen LogP contribution in [0.3, 0.4) is 0 Å². The second-order valence-corrected chi connectivity index (χ2v) is 8.71. The zero-order valence-electron chi connectivity index (χ0n) is 20.2. The highest BCUT2D eigenvalue weighted by Crippen LogP contribution is 2.40. The molecule has 0 saturated carbocycles. The number of aromatic nitrogens is 5. The summed E-state index contributed by atoms with van der Waals surface area (Å²) < 4.78 is 13.1. The van der Waals surface area contributed by atoms with Gasteiger partial charge in [0.05, 0.1) is 38.0 Å². The molecular formula is C25H29N7O2. The SMILES string of the molecule is COc1cc(OC)c2c(c1)N(c1ccc3ncc(-c4cnn(C)c4)nc3n1)CCN(C(C)C)C2. The third-order valence-electron chi connectivity index (χ3n) is 6.28. The van der Waals surface area contributed by atoms with Gasteiger partial charge >= 0.3 is 0 Å². The van der Waals surface area contributed by atoms with E-state index in [1.807, 2.05) is 31.4 Å². The van der Waals surface area contributed by atoms with Crippen LogP contribution in [0.2, 0.25) is 0 Å². The van der Waals surface area contributed by atoms with Crippen molar-refractivity contribution in [2.45, 2.75) is 26.4 Å². The molecule has 9 nitrogen and oxygen atoms in total. The van der Waals surface area contributed by atoms with Crippen LogP contribution < -0.4 is 14.4 Å². The zero-order valence-corrected chi connectivity index (χ0v) is 20.2. The topological polar surface area (TPSA) is 81.4 Å². The Morgan fingerprint density at radius 1 is 1.00 bits per heavy atom. The summed E-state index contributed by atoms with van der Waals surface area (Å²) >= 11 is 0. The average molecular weight is 460 g/mol. The van der Waals surface area contributed by atoms with Gasteiger partial charge in [0, 0.05) is 62.2 Å².